The third kappa shape index (κ3) is 2.28. The Labute approximate surface area is 141 Å². The highest BCUT2D eigenvalue weighted by Gasteiger charge is 2.25. The Kier molecular flexibility index (Phi) is 3.57. The van der Waals surface area contributed by atoms with Crippen LogP contribution in [0.5, 0.6) is 0 Å². The SMILES string of the molecule is CN1C(=O)CCc2cc(-c3cncc4c3CCC[C@H]4C#N)ccc21. The molecule has 4 nitrogen and oxygen atoms in total. The number of anilines is 1. The number of hydrogen-bond acceptors (Lipinski definition) is 3. The third-order valence-electron chi connectivity index (χ3n) is 5.28. The molecule has 4 heteroatoms. The zero-order valence-corrected chi connectivity index (χ0v) is 13.7. The second-order valence-electron chi connectivity index (χ2n) is 6.63. The van der Waals surface area contributed by atoms with Gasteiger partial charge in [-0.1, -0.05) is 6.07 Å². The van der Waals surface area contributed by atoms with Crippen molar-refractivity contribution in [2.75, 3.05) is 11.9 Å². The van der Waals surface area contributed by atoms with Crippen molar-refractivity contribution in [3.05, 3.63) is 47.3 Å². The van der Waals surface area contributed by atoms with Crippen LogP contribution in [0.2, 0.25) is 0 Å². The van der Waals surface area contributed by atoms with Crippen molar-refractivity contribution in [2.24, 2.45) is 0 Å². The molecule has 0 unspecified atom stereocenters. The molecule has 0 spiro atoms. The number of aryl methyl sites for hydroxylation is 1. The van der Waals surface area contributed by atoms with Crippen molar-refractivity contribution in [1.82, 2.24) is 4.98 Å². The predicted molar refractivity (Wildman–Crippen MR) is 92.7 cm³/mol. The molecule has 1 atom stereocenters. The number of nitriles is 1. The number of aromatic nitrogens is 1. The van der Waals surface area contributed by atoms with Crippen molar-refractivity contribution in [1.29, 1.82) is 5.26 Å². The molecule has 0 bridgehead atoms. The van der Waals surface area contributed by atoms with Crippen LogP contribution in [0.4, 0.5) is 5.69 Å². The van der Waals surface area contributed by atoms with Crippen molar-refractivity contribution in [2.45, 2.75) is 38.0 Å². The minimum absolute atomic E-state index is 0.0393. The summed E-state index contributed by atoms with van der Waals surface area (Å²) in [5.74, 6) is 0.133. The number of fused-ring (bicyclic) bond motifs is 2. The molecule has 1 aliphatic carbocycles. The van der Waals surface area contributed by atoms with Gasteiger partial charge in [0.2, 0.25) is 5.91 Å². The van der Waals surface area contributed by atoms with E-state index in [-0.39, 0.29) is 11.8 Å². The van der Waals surface area contributed by atoms with E-state index < -0.39 is 0 Å². The normalized spacial score (nSPS) is 19.4. The lowest BCUT2D eigenvalue weighted by atomic mass is 9.81. The van der Waals surface area contributed by atoms with E-state index in [1.165, 1.54) is 11.1 Å². The number of nitrogens with zero attached hydrogens (tertiary/aromatic N) is 3. The van der Waals surface area contributed by atoms with Crippen LogP contribution in [0.1, 0.15) is 41.9 Å². The van der Waals surface area contributed by atoms with Crippen LogP contribution in [0.15, 0.2) is 30.6 Å². The highest BCUT2D eigenvalue weighted by Crippen LogP contribution is 2.38. The third-order valence-corrected chi connectivity index (χ3v) is 5.28. The summed E-state index contributed by atoms with van der Waals surface area (Å²) in [6, 6.07) is 8.71. The predicted octanol–water partition coefficient (Wildman–Crippen LogP) is 3.60. The molecule has 0 radical (unpaired) electrons. The van der Waals surface area contributed by atoms with Gasteiger partial charge in [0.1, 0.15) is 0 Å². The lowest BCUT2D eigenvalue weighted by Gasteiger charge is -2.27. The van der Waals surface area contributed by atoms with E-state index in [1.807, 2.05) is 25.5 Å². The molecule has 1 aromatic carbocycles. The first-order valence-electron chi connectivity index (χ1n) is 8.45. The van der Waals surface area contributed by atoms with Crippen molar-refractivity contribution in [3.63, 3.8) is 0 Å². The van der Waals surface area contributed by atoms with Crippen LogP contribution >= 0.6 is 0 Å². The van der Waals surface area contributed by atoms with Crippen LogP contribution in [0.3, 0.4) is 0 Å². The first-order chi connectivity index (χ1) is 11.7. The zero-order valence-electron chi connectivity index (χ0n) is 13.7. The van der Waals surface area contributed by atoms with E-state index in [0.717, 1.165) is 48.1 Å². The molecule has 2 aliphatic rings. The molecular formula is C20H19N3O. The fourth-order valence-electron chi connectivity index (χ4n) is 3.93. The molecule has 4 rings (SSSR count). The Morgan fingerprint density at radius 1 is 1.25 bits per heavy atom. The highest BCUT2D eigenvalue weighted by molar-refractivity contribution is 5.96. The summed E-state index contributed by atoms with van der Waals surface area (Å²) in [6.45, 7) is 0. The summed E-state index contributed by atoms with van der Waals surface area (Å²) in [5, 5.41) is 9.40. The average molecular weight is 317 g/mol. The maximum absolute atomic E-state index is 11.9. The number of benzene rings is 1. The zero-order chi connectivity index (χ0) is 16.7. The molecule has 24 heavy (non-hydrogen) atoms. The lowest BCUT2D eigenvalue weighted by Crippen LogP contribution is -2.31. The van der Waals surface area contributed by atoms with E-state index in [2.05, 4.69) is 23.2 Å². The fourth-order valence-corrected chi connectivity index (χ4v) is 3.93. The minimum atomic E-state index is -0.0393. The molecule has 2 heterocycles. The standard InChI is InChI=1S/C20H19N3O/c1-23-19-7-5-13(9-14(19)6-8-20(23)24)17-11-22-12-18-15(10-21)3-2-4-16(17)18/h5,7,9,11-12,15H,2-4,6,8H2,1H3/t15-/m0/s1. The van der Waals surface area contributed by atoms with Gasteiger partial charge in [0.15, 0.2) is 0 Å². The molecule has 1 aromatic heterocycles. The number of rotatable bonds is 1. The summed E-state index contributed by atoms with van der Waals surface area (Å²) in [6.07, 6.45) is 8.09. The summed E-state index contributed by atoms with van der Waals surface area (Å²) in [5.41, 5.74) is 6.84. The average Bonchev–Trinajstić information content (AvgIpc) is 2.63. The van der Waals surface area contributed by atoms with Gasteiger partial charge in [-0.05, 0) is 60.1 Å². The monoisotopic (exact) mass is 317 g/mol. The number of carbonyl (C=O) groups is 1. The Morgan fingerprint density at radius 2 is 2.12 bits per heavy atom. The van der Waals surface area contributed by atoms with Crippen LogP contribution in [0, 0.1) is 11.3 Å². The molecular weight excluding hydrogens is 298 g/mol. The molecule has 0 saturated heterocycles. The molecule has 1 aliphatic heterocycles. The summed E-state index contributed by atoms with van der Waals surface area (Å²) in [4.78, 5) is 18.0. The maximum Gasteiger partial charge on any atom is 0.227 e. The van der Waals surface area contributed by atoms with E-state index in [4.69, 9.17) is 0 Å². The maximum atomic E-state index is 11.9. The van der Waals surface area contributed by atoms with Crippen molar-refractivity contribution < 1.29 is 4.79 Å². The summed E-state index contributed by atoms with van der Waals surface area (Å²) < 4.78 is 0. The smallest absolute Gasteiger partial charge is 0.227 e. The molecule has 0 saturated carbocycles. The summed E-state index contributed by atoms with van der Waals surface area (Å²) >= 11 is 0. The molecule has 0 fully saturated rings. The van der Waals surface area contributed by atoms with Gasteiger partial charge in [0.25, 0.3) is 0 Å². The topological polar surface area (TPSA) is 57.0 Å². The second kappa shape index (κ2) is 5.76. The summed E-state index contributed by atoms with van der Waals surface area (Å²) in [7, 11) is 1.84. The van der Waals surface area contributed by atoms with Crippen molar-refractivity contribution in [3.8, 4) is 17.2 Å². The number of hydrogen-bond donors (Lipinski definition) is 0. The lowest BCUT2D eigenvalue weighted by molar-refractivity contribution is -0.118. The van der Waals surface area contributed by atoms with Crippen LogP contribution < -0.4 is 4.90 Å². The molecule has 0 N–H and O–H groups in total. The van der Waals surface area contributed by atoms with Crippen LogP contribution in [-0.4, -0.2) is 17.9 Å². The van der Waals surface area contributed by atoms with Gasteiger partial charge in [-0.2, -0.15) is 5.26 Å². The Morgan fingerprint density at radius 3 is 2.96 bits per heavy atom. The molecule has 120 valence electrons. The Bertz CT molecular complexity index is 866. The van der Waals surface area contributed by atoms with E-state index in [9.17, 15) is 10.1 Å². The number of carbonyl (C=O) groups excluding carboxylic acids is 1. The Balaban J connectivity index is 1.81. The molecule has 2 aromatic rings. The molecule has 1 amide bonds. The second-order valence-corrected chi connectivity index (χ2v) is 6.63. The van der Waals surface area contributed by atoms with Crippen LogP contribution in [0.25, 0.3) is 11.1 Å². The highest BCUT2D eigenvalue weighted by atomic mass is 16.2. The van der Waals surface area contributed by atoms with Gasteiger partial charge in [-0.3, -0.25) is 9.78 Å². The fraction of sp³-hybridized carbons (Fsp3) is 0.350. The van der Waals surface area contributed by atoms with E-state index in [1.54, 1.807) is 4.90 Å². The van der Waals surface area contributed by atoms with E-state index in [0.29, 0.717) is 6.42 Å². The Hall–Kier alpha value is -2.67. The minimum Gasteiger partial charge on any atom is -0.315 e. The first kappa shape index (κ1) is 14.9. The van der Waals surface area contributed by atoms with Gasteiger partial charge < -0.3 is 4.90 Å². The van der Waals surface area contributed by atoms with Gasteiger partial charge in [0, 0.05) is 37.1 Å². The number of amides is 1. The van der Waals surface area contributed by atoms with Crippen LogP contribution in [-0.2, 0) is 17.6 Å². The largest absolute Gasteiger partial charge is 0.315 e. The number of pyridine rings is 1. The quantitative estimate of drug-likeness (QED) is 0.807. The van der Waals surface area contributed by atoms with E-state index >= 15 is 0 Å². The van der Waals surface area contributed by atoms with Gasteiger partial charge in [-0.15, -0.1) is 0 Å². The van der Waals surface area contributed by atoms with Gasteiger partial charge in [-0.25, -0.2) is 0 Å². The van der Waals surface area contributed by atoms with Gasteiger partial charge in [0.05, 0.1) is 12.0 Å². The first-order valence-corrected chi connectivity index (χ1v) is 8.45. The van der Waals surface area contributed by atoms with Gasteiger partial charge >= 0.3 is 0 Å². The van der Waals surface area contributed by atoms with Crippen molar-refractivity contribution >= 4 is 11.6 Å².